The molecule has 2 aromatic carbocycles. The van der Waals surface area contributed by atoms with E-state index in [1.807, 2.05) is 25.1 Å². The van der Waals surface area contributed by atoms with Crippen LogP contribution in [0.15, 0.2) is 67.0 Å². The lowest BCUT2D eigenvalue weighted by atomic mass is 10.0. The Morgan fingerprint density at radius 3 is 2.51 bits per heavy atom. The zero-order chi connectivity index (χ0) is 45.0. The van der Waals surface area contributed by atoms with Crippen molar-refractivity contribution in [3.63, 3.8) is 0 Å². The van der Waals surface area contributed by atoms with Crippen molar-refractivity contribution >= 4 is 47.1 Å². The second kappa shape index (κ2) is 18.9. The first-order valence-corrected chi connectivity index (χ1v) is 20.8. The quantitative estimate of drug-likeness (QED) is 0.141. The number of hydrogen-bond acceptors (Lipinski definition) is 12. The van der Waals surface area contributed by atoms with Gasteiger partial charge in [-0.2, -0.15) is 13.2 Å². The zero-order valence-electron chi connectivity index (χ0n) is 35.4. The Morgan fingerprint density at radius 2 is 1.78 bits per heavy atom. The summed E-state index contributed by atoms with van der Waals surface area (Å²) < 4.78 is 51.9. The number of piperazine rings is 1. The summed E-state index contributed by atoms with van der Waals surface area (Å²) in [5.41, 5.74) is 3.80. The van der Waals surface area contributed by atoms with Crippen LogP contribution in [0.25, 0.3) is 11.1 Å². The molecule has 4 aromatic rings. The summed E-state index contributed by atoms with van der Waals surface area (Å²) >= 11 is 0. The number of rotatable bonds is 12. The molecule has 5 amide bonds. The number of anilines is 3. The number of benzene rings is 2. The lowest BCUT2D eigenvalue weighted by Crippen LogP contribution is -2.57. The van der Waals surface area contributed by atoms with Gasteiger partial charge in [0, 0.05) is 91.1 Å². The second-order valence-electron chi connectivity index (χ2n) is 16.0. The van der Waals surface area contributed by atoms with E-state index in [4.69, 9.17) is 14.5 Å². The third kappa shape index (κ3) is 10.1. The number of aryl methyl sites for hydroxylation is 2. The number of nitrogens with zero attached hydrogens (tertiary/aromatic N) is 6. The number of alkyl halides is 3. The highest BCUT2D eigenvalue weighted by molar-refractivity contribution is 6.08. The summed E-state index contributed by atoms with van der Waals surface area (Å²) in [7, 11) is 0. The molecule has 332 valence electrons. The number of nitrogens with one attached hydrogen (secondary N) is 2. The summed E-state index contributed by atoms with van der Waals surface area (Å²) in [5, 5.41) is 4.89. The third-order valence-corrected chi connectivity index (χ3v) is 11.7. The summed E-state index contributed by atoms with van der Waals surface area (Å²) in [6.07, 6.45) is -1.01. The average molecular weight is 871 g/mol. The Kier molecular flexibility index (Phi) is 13.4. The van der Waals surface area contributed by atoms with Crippen molar-refractivity contribution in [2.24, 2.45) is 0 Å². The number of aromatic nitrogens is 2. The van der Waals surface area contributed by atoms with Crippen LogP contribution in [0.2, 0.25) is 0 Å². The molecule has 7 rings (SSSR count). The molecule has 0 radical (unpaired) electrons. The number of hydrogen-bond donors (Lipinski definition) is 2. The van der Waals surface area contributed by atoms with Gasteiger partial charge in [0.25, 0.3) is 11.8 Å². The van der Waals surface area contributed by atoms with Crippen LogP contribution in [0.3, 0.4) is 0 Å². The van der Waals surface area contributed by atoms with Crippen LogP contribution < -0.4 is 25.2 Å². The summed E-state index contributed by atoms with van der Waals surface area (Å²) in [4.78, 5) is 79.8. The van der Waals surface area contributed by atoms with E-state index in [1.165, 1.54) is 18.3 Å². The SMILES string of the molecule is Cc1ccc(N2CC(C)N(CCOc3ncc(-c4cc(NC(=O)c5cccc(C(F)(F)F)c5)cnc4C)cc3N3CCOCC3)CC2C)cc1C(=O)N(C=O)C1CCC(=O)NC1=O. The lowest BCUT2D eigenvalue weighted by molar-refractivity contribution is -0.139. The molecule has 3 unspecified atom stereocenters. The van der Waals surface area contributed by atoms with Crippen molar-refractivity contribution in [1.29, 1.82) is 0 Å². The molecule has 0 aliphatic carbocycles. The Hall–Kier alpha value is -6.40. The summed E-state index contributed by atoms with van der Waals surface area (Å²) in [5.74, 6) is -1.97. The summed E-state index contributed by atoms with van der Waals surface area (Å²) in [6.45, 7) is 12.3. The van der Waals surface area contributed by atoms with Crippen LogP contribution >= 0.6 is 0 Å². The fraction of sp³-hybridized carbons (Fsp3) is 0.400. The Morgan fingerprint density at radius 1 is 1.00 bits per heavy atom. The van der Waals surface area contributed by atoms with Crippen LogP contribution in [-0.4, -0.2) is 120 Å². The highest BCUT2D eigenvalue weighted by Crippen LogP contribution is 2.35. The second-order valence-corrected chi connectivity index (χ2v) is 16.0. The van der Waals surface area contributed by atoms with Gasteiger partial charge < -0.3 is 24.6 Å². The standard InChI is InChI=1S/C45H49F3N8O7/c1-27-8-9-35(21-36(27)44(61)56(26-57)38-10-11-40(58)52-42(38)60)55-25-28(2)54(24-29(55)3)14-17-63-43-39(53-12-15-62-16-13-53)19-32(22-50-43)37-20-34(23-49-30(37)4)51-41(59)31-6-5-7-33(18-31)45(46,47)48/h5-9,18-23,26,28-29,38H,10-17,24-25H2,1-4H3,(H,51,59)(H,52,58,60). The molecule has 3 atom stereocenters. The van der Waals surface area contributed by atoms with Gasteiger partial charge >= 0.3 is 6.18 Å². The first kappa shape index (κ1) is 44.6. The van der Waals surface area contributed by atoms with E-state index in [9.17, 15) is 37.1 Å². The molecular formula is C45H49F3N8O7. The number of amides is 5. The molecular weight excluding hydrogens is 822 g/mol. The van der Waals surface area contributed by atoms with E-state index in [0.29, 0.717) is 98.5 Å². The number of carbonyl (C=O) groups excluding carboxylic acids is 5. The minimum absolute atomic E-state index is 0.0345. The lowest BCUT2D eigenvalue weighted by Gasteiger charge is -2.45. The molecule has 5 heterocycles. The van der Waals surface area contributed by atoms with Gasteiger partial charge in [-0.25, -0.2) is 4.98 Å². The van der Waals surface area contributed by atoms with Crippen LogP contribution in [0.5, 0.6) is 5.88 Å². The maximum Gasteiger partial charge on any atom is 0.416 e. The minimum atomic E-state index is -4.59. The topological polar surface area (TPSA) is 167 Å². The average Bonchev–Trinajstić information content (AvgIpc) is 3.26. The van der Waals surface area contributed by atoms with Crippen molar-refractivity contribution in [2.45, 2.75) is 64.8 Å². The predicted molar refractivity (Wildman–Crippen MR) is 228 cm³/mol. The number of ether oxygens (including phenoxy) is 2. The predicted octanol–water partition coefficient (Wildman–Crippen LogP) is 5.25. The fourth-order valence-corrected chi connectivity index (χ4v) is 8.16. The number of carbonyl (C=O) groups is 5. The highest BCUT2D eigenvalue weighted by atomic mass is 19.4. The zero-order valence-corrected chi connectivity index (χ0v) is 35.4. The van der Waals surface area contributed by atoms with Crippen molar-refractivity contribution in [2.75, 3.05) is 67.7 Å². The number of imide groups is 2. The van der Waals surface area contributed by atoms with Gasteiger partial charge in [0.05, 0.1) is 30.7 Å². The molecule has 3 saturated heterocycles. The third-order valence-electron chi connectivity index (χ3n) is 11.7. The van der Waals surface area contributed by atoms with Gasteiger partial charge in [-0.05, 0) is 82.1 Å². The van der Waals surface area contributed by atoms with Gasteiger partial charge in [0.1, 0.15) is 18.3 Å². The van der Waals surface area contributed by atoms with Gasteiger partial charge in [-0.15, -0.1) is 0 Å². The van der Waals surface area contributed by atoms with Crippen LogP contribution in [-0.2, 0) is 25.3 Å². The van der Waals surface area contributed by atoms with E-state index < -0.39 is 41.4 Å². The smallest absolute Gasteiger partial charge is 0.416 e. The molecule has 2 aromatic heterocycles. The fourth-order valence-electron chi connectivity index (χ4n) is 8.16. The molecule has 2 N–H and O–H groups in total. The number of pyridine rings is 2. The first-order valence-electron chi connectivity index (χ1n) is 20.8. The van der Waals surface area contributed by atoms with E-state index in [0.717, 1.165) is 28.4 Å². The van der Waals surface area contributed by atoms with E-state index in [1.54, 1.807) is 25.3 Å². The molecule has 0 spiro atoms. The van der Waals surface area contributed by atoms with Gasteiger partial charge in [-0.1, -0.05) is 12.1 Å². The molecule has 15 nitrogen and oxygen atoms in total. The Balaban J connectivity index is 1.02. The van der Waals surface area contributed by atoms with Crippen molar-refractivity contribution < 1.29 is 46.6 Å². The van der Waals surface area contributed by atoms with E-state index in [-0.39, 0.29) is 30.5 Å². The molecule has 0 saturated carbocycles. The molecule has 63 heavy (non-hydrogen) atoms. The summed E-state index contributed by atoms with van der Waals surface area (Å²) in [6, 6.07) is 12.5. The maximum absolute atomic E-state index is 13.7. The van der Waals surface area contributed by atoms with Gasteiger partial charge in [0.15, 0.2) is 0 Å². The molecule has 3 aliphatic rings. The maximum atomic E-state index is 13.7. The van der Waals surface area contributed by atoms with E-state index in [2.05, 4.69) is 44.2 Å². The molecule has 18 heteroatoms. The van der Waals surface area contributed by atoms with Crippen molar-refractivity contribution in [3.8, 4) is 17.0 Å². The van der Waals surface area contributed by atoms with Gasteiger partial charge in [-0.3, -0.25) is 44.1 Å². The van der Waals surface area contributed by atoms with Crippen LogP contribution in [0, 0.1) is 13.8 Å². The minimum Gasteiger partial charge on any atom is -0.475 e. The Bertz CT molecular complexity index is 2390. The van der Waals surface area contributed by atoms with Crippen molar-refractivity contribution in [1.82, 2.24) is 25.1 Å². The molecule has 3 fully saturated rings. The monoisotopic (exact) mass is 870 g/mol. The largest absolute Gasteiger partial charge is 0.475 e. The van der Waals surface area contributed by atoms with E-state index >= 15 is 0 Å². The molecule has 3 aliphatic heterocycles. The van der Waals surface area contributed by atoms with Crippen molar-refractivity contribution in [3.05, 3.63) is 94.9 Å². The molecule has 0 bridgehead atoms. The Labute approximate surface area is 362 Å². The van der Waals surface area contributed by atoms with Gasteiger partial charge in [0.2, 0.25) is 24.1 Å². The first-order chi connectivity index (χ1) is 30.1. The normalized spacial score (nSPS) is 19.6. The highest BCUT2D eigenvalue weighted by Gasteiger charge is 2.36. The number of piperidine rings is 1. The number of morpholine rings is 1. The number of halogens is 3. The van der Waals surface area contributed by atoms with Crippen LogP contribution in [0.1, 0.15) is 64.2 Å². The van der Waals surface area contributed by atoms with Crippen LogP contribution in [0.4, 0.5) is 30.2 Å².